The Morgan fingerprint density at radius 1 is 1.50 bits per heavy atom. The summed E-state index contributed by atoms with van der Waals surface area (Å²) in [6, 6.07) is 0. The molecule has 74 valence electrons. The van der Waals surface area contributed by atoms with Crippen LogP contribution in [0.4, 0.5) is 0 Å². The standard InChI is InChI=1S/C8H10N4OS/c1-13-2-3-14-8-6-4-11-12-7(6)9-5-10-8/h4-5H,2-3H2,1H3,(H,9,10,11,12). The molecule has 0 saturated heterocycles. The maximum atomic E-state index is 4.97. The zero-order valence-corrected chi connectivity index (χ0v) is 8.54. The molecule has 0 aliphatic carbocycles. The van der Waals surface area contributed by atoms with Gasteiger partial charge in [0.2, 0.25) is 0 Å². The van der Waals surface area contributed by atoms with Crippen LogP contribution in [0, 0.1) is 0 Å². The third-order valence-electron chi connectivity index (χ3n) is 1.74. The van der Waals surface area contributed by atoms with Gasteiger partial charge in [-0.2, -0.15) is 5.10 Å². The predicted octanol–water partition coefficient (Wildman–Crippen LogP) is 1.09. The average Bonchev–Trinajstić information content (AvgIpc) is 2.67. The third kappa shape index (κ3) is 1.85. The van der Waals surface area contributed by atoms with Gasteiger partial charge in [0.05, 0.1) is 18.2 Å². The highest BCUT2D eigenvalue weighted by Gasteiger charge is 2.04. The second kappa shape index (κ2) is 4.39. The van der Waals surface area contributed by atoms with E-state index in [0.717, 1.165) is 21.8 Å². The largest absolute Gasteiger partial charge is 0.384 e. The number of hydrogen-bond donors (Lipinski definition) is 1. The Hall–Kier alpha value is -1.14. The number of nitrogens with one attached hydrogen (secondary N) is 1. The van der Waals surface area contributed by atoms with Crippen LogP contribution in [-0.4, -0.2) is 39.6 Å². The lowest BCUT2D eigenvalue weighted by molar-refractivity contribution is 0.218. The Kier molecular flexibility index (Phi) is 2.95. The van der Waals surface area contributed by atoms with Gasteiger partial charge in [0, 0.05) is 12.9 Å². The molecule has 2 aromatic heterocycles. The molecule has 1 N–H and O–H groups in total. The van der Waals surface area contributed by atoms with Crippen molar-refractivity contribution in [1.82, 2.24) is 20.2 Å². The molecule has 0 unspecified atom stereocenters. The van der Waals surface area contributed by atoms with Crippen molar-refractivity contribution in [2.24, 2.45) is 0 Å². The van der Waals surface area contributed by atoms with Crippen LogP contribution in [0.1, 0.15) is 0 Å². The number of fused-ring (bicyclic) bond motifs is 1. The van der Waals surface area contributed by atoms with E-state index in [0.29, 0.717) is 6.61 Å². The molecule has 6 heteroatoms. The van der Waals surface area contributed by atoms with Gasteiger partial charge in [-0.05, 0) is 0 Å². The maximum absolute atomic E-state index is 4.97. The molecular weight excluding hydrogens is 200 g/mol. The smallest absolute Gasteiger partial charge is 0.159 e. The van der Waals surface area contributed by atoms with Crippen molar-refractivity contribution < 1.29 is 4.74 Å². The summed E-state index contributed by atoms with van der Waals surface area (Å²) in [5.41, 5.74) is 0.778. The highest BCUT2D eigenvalue weighted by atomic mass is 32.2. The van der Waals surface area contributed by atoms with Crippen molar-refractivity contribution in [3.63, 3.8) is 0 Å². The Bertz CT molecular complexity index is 416. The van der Waals surface area contributed by atoms with Gasteiger partial charge in [-0.15, -0.1) is 11.8 Å². The Morgan fingerprint density at radius 3 is 3.29 bits per heavy atom. The van der Waals surface area contributed by atoms with Gasteiger partial charge in [0.15, 0.2) is 5.65 Å². The minimum absolute atomic E-state index is 0.716. The highest BCUT2D eigenvalue weighted by molar-refractivity contribution is 7.99. The number of ether oxygens (including phenoxy) is 1. The summed E-state index contributed by atoms with van der Waals surface area (Å²) >= 11 is 1.64. The van der Waals surface area contributed by atoms with Crippen molar-refractivity contribution in [2.75, 3.05) is 19.5 Å². The van der Waals surface area contributed by atoms with Gasteiger partial charge in [0.25, 0.3) is 0 Å². The van der Waals surface area contributed by atoms with E-state index >= 15 is 0 Å². The lowest BCUT2D eigenvalue weighted by atomic mass is 10.4. The fraction of sp³-hybridized carbons (Fsp3) is 0.375. The lowest BCUT2D eigenvalue weighted by Crippen LogP contribution is -1.93. The van der Waals surface area contributed by atoms with E-state index in [9.17, 15) is 0 Å². The van der Waals surface area contributed by atoms with Crippen LogP contribution in [-0.2, 0) is 4.74 Å². The quantitative estimate of drug-likeness (QED) is 0.465. The molecule has 2 aromatic rings. The first-order valence-electron chi connectivity index (χ1n) is 4.17. The molecule has 0 aromatic carbocycles. The van der Waals surface area contributed by atoms with Crippen molar-refractivity contribution in [3.8, 4) is 0 Å². The Morgan fingerprint density at radius 2 is 2.43 bits per heavy atom. The monoisotopic (exact) mass is 210 g/mol. The van der Waals surface area contributed by atoms with Gasteiger partial charge in [-0.25, -0.2) is 9.97 Å². The molecular formula is C8H10N4OS. The van der Waals surface area contributed by atoms with Crippen LogP contribution >= 0.6 is 11.8 Å². The number of thioether (sulfide) groups is 1. The second-order valence-corrected chi connectivity index (χ2v) is 3.74. The normalized spacial score (nSPS) is 10.9. The summed E-state index contributed by atoms with van der Waals surface area (Å²) in [5, 5.41) is 8.63. The Labute approximate surface area is 85.3 Å². The highest BCUT2D eigenvalue weighted by Crippen LogP contribution is 2.22. The van der Waals surface area contributed by atoms with Crippen LogP contribution in [0.25, 0.3) is 11.0 Å². The molecule has 0 aliphatic heterocycles. The van der Waals surface area contributed by atoms with E-state index in [-0.39, 0.29) is 0 Å². The van der Waals surface area contributed by atoms with E-state index in [2.05, 4.69) is 20.2 Å². The molecule has 2 heterocycles. The van der Waals surface area contributed by atoms with Gasteiger partial charge < -0.3 is 4.74 Å². The lowest BCUT2D eigenvalue weighted by Gasteiger charge is -1.99. The Balaban J connectivity index is 2.19. The number of methoxy groups -OCH3 is 1. The number of aromatic nitrogens is 4. The van der Waals surface area contributed by atoms with E-state index in [1.165, 1.54) is 6.33 Å². The number of rotatable bonds is 4. The van der Waals surface area contributed by atoms with Gasteiger partial charge in [-0.1, -0.05) is 0 Å². The zero-order chi connectivity index (χ0) is 9.80. The maximum Gasteiger partial charge on any atom is 0.159 e. The summed E-state index contributed by atoms with van der Waals surface area (Å²) in [4.78, 5) is 8.24. The van der Waals surface area contributed by atoms with Crippen LogP contribution < -0.4 is 0 Å². The zero-order valence-electron chi connectivity index (χ0n) is 7.73. The average molecular weight is 210 g/mol. The minimum Gasteiger partial charge on any atom is -0.384 e. The number of H-pyrrole nitrogens is 1. The minimum atomic E-state index is 0.716. The van der Waals surface area contributed by atoms with Gasteiger partial charge in [-0.3, -0.25) is 5.10 Å². The van der Waals surface area contributed by atoms with E-state index < -0.39 is 0 Å². The third-order valence-corrected chi connectivity index (χ3v) is 2.71. The summed E-state index contributed by atoms with van der Waals surface area (Å²) in [5.74, 6) is 0.883. The summed E-state index contributed by atoms with van der Waals surface area (Å²) in [7, 11) is 1.69. The summed E-state index contributed by atoms with van der Waals surface area (Å²) in [6.45, 7) is 0.716. The fourth-order valence-electron chi connectivity index (χ4n) is 1.08. The topological polar surface area (TPSA) is 63.7 Å². The van der Waals surface area contributed by atoms with E-state index in [1.807, 2.05) is 0 Å². The van der Waals surface area contributed by atoms with Crippen molar-refractivity contribution in [1.29, 1.82) is 0 Å². The van der Waals surface area contributed by atoms with Gasteiger partial charge >= 0.3 is 0 Å². The van der Waals surface area contributed by atoms with Crippen molar-refractivity contribution in [3.05, 3.63) is 12.5 Å². The molecule has 0 atom stereocenters. The fourth-order valence-corrected chi connectivity index (χ4v) is 1.95. The predicted molar refractivity (Wildman–Crippen MR) is 54.3 cm³/mol. The van der Waals surface area contributed by atoms with Crippen LogP contribution in [0.15, 0.2) is 17.6 Å². The molecule has 0 amide bonds. The molecule has 0 bridgehead atoms. The molecule has 0 fully saturated rings. The molecule has 0 aliphatic rings. The number of nitrogens with zero attached hydrogens (tertiary/aromatic N) is 3. The first kappa shape index (κ1) is 9.42. The van der Waals surface area contributed by atoms with Crippen molar-refractivity contribution >= 4 is 22.8 Å². The molecule has 0 radical (unpaired) electrons. The van der Waals surface area contributed by atoms with E-state index in [4.69, 9.17) is 4.74 Å². The summed E-state index contributed by atoms with van der Waals surface area (Å²) < 4.78 is 4.97. The van der Waals surface area contributed by atoms with E-state index in [1.54, 1.807) is 25.1 Å². The second-order valence-electron chi connectivity index (χ2n) is 2.65. The van der Waals surface area contributed by atoms with Gasteiger partial charge in [0.1, 0.15) is 11.4 Å². The first-order chi connectivity index (χ1) is 6.92. The molecule has 2 rings (SSSR count). The number of aromatic amines is 1. The molecule has 5 nitrogen and oxygen atoms in total. The molecule has 0 saturated carbocycles. The molecule has 14 heavy (non-hydrogen) atoms. The SMILES string of the molecule is COCCSc1ncnc2[nH]ncc12. The van der Waals surface area contributed by atoms with Crippen LogP contribution in [0.2, 0.25) is 0 Å². The first-order valence-corrected chi connectivity index (χ1v) is 5.16. The number of hydrogen-bond acceptors (Lipinski definition) is 5. The molecule has 0 spiro atoms. The van der Waals surface area contributed by atoms with Crippen molar-refractivity contribution in [2.45, 2.75) is 5.03 Å². The van der Waals surface area contributed by atoms with Crippen LogP contribution in [0.3, 0.4) is 0 Å². The van der Waals surface area contributed by atoms with Crippen LogP contribution in [0.5, 0.6) is 0 Å². The summed E-state index contributed by atoms with van der Waals surface area (Å²) in [6.07, 6.45) is 3.28.